The van der Waals surface area contributed by atoms with Crippen LogP contribution in [-0.2, 0) is 20.7 Å². The second kappa shape index (κ2) is 8.19. The van der Waals surface area contributed by atoms with Crippen molar-refractivity contribution < 1.29 is 14.3 Å². The van der Waals surface area contributed by atoms with E-state index in [-0.39, 0.29) is 17.9 Å². The standard InChI is InChI=1S/C20H26N2O3/c1-14(20(24)22-16-8-2-3-9-16)25-19(23)12-6-7-15-13-21-18-11-5-4-10-17(15)18/h4-5,10-11,13-14,16,21H,2-3,6-9,12H2,1H3,(H,22,24). The van der Waals surface area contributed by atoms with E-state index in [4.69, 9.17) is 4.74 Å². The van der Waals surface area contributed by atoms with E-state index >= 15 is 0 Å². The number of aromatic nitrogens is 1. The summed E-state index contributed by atoms with van der Waals surface area (Å²) in [6.45, 7) is 1.64. The van der Waals surface area contributed by atoms with Crippen LogP contribution in [0.5, 0.6) is 0 Å². The molecule has 1 heterocycles. The number of nitrogens with one attached hydrogen (secondary N) is 2. The Morgan fingerprint density at radius 1 is 1.28 bits per heavy atom. The van der Waals surface area contributed by atoms with Crippen molar-refractivity contribution >= 4 is 22.8 Å². The highest BCUT2D eigenvalue weighted by molar-refractivity contribution is 5.84. The molecule has 1 atom stereocenters. The molecule has 3 rings (SSSR count). The molecule has 1 aromatic heterocycles. The summed E-state index contributed by atoms with van der Waals surface area (Å²) in [6.07, 6.45) is 7.47. The van der Waals surface area contributed by atoms with Crippen molar-refractivity contribution in [1.29, 1.82) is 0 Å². The van der Waals surface area contributed by atoms with Gasteiger partial charge in [-0.3, -0.25) is 9.59 Å². The molecule has 0 bridgehead atoms. The third-order valence-corrected chi connectivity index (χ3v) is 4.88. The van der Waals surface area contributed by atoms with Gasteiger partial charge in [-0.1, -0.05) is 31.0 Å². The van der Waals surface area contributed by atoms with Gasteiger partial charge in [-0.05, 0) is 44.2 Å². The number of carbonyl (C=O) groups excluding carboxylic acids is 2. The fourth-order valence-corrected chi connectivity index (χ4v) is 3.46. The lowest BCUT2D eigenvalue weighted by atomic mass is 10.1. The first-order chi connectivity index (χ1) is 12.1. The molecule has 1 aliphatic rings. The zero-order chi connectivity index (χ0) is 17.6. The number of aromatic amines is 1. The fourth-order valence-electron chi connectivity index (χ4n) is 3.46. The quantitative estimate of drug-likeness (QED) is 0.757. The van der Waals surface area contributed by atoms with Crippen LogP contribution >= 0.6 is 0 Å². The number of hydrogen-bond acceptors (Lipinski definition) is 3. The number of amides is 1. The van der Waals surface area contributed by atoms with Gasteiger partial charge in [0.05, 0.1) is 0 Å². The largest absolute Gasteiger partial charge is 0.453 e. The van der Waals surface area contributed by atoms with Crippen molar-refractivity contribution in [3.8, 4) is 0 Å². The first-order valence-corrected chi connectivity index (χ1v) is 9.18. The van der Waals surface area contributed by atoms with Gasteiger partial charge < -0.3 is 15.0 Å². The lowest BCUT2D eigenvalue weighted by Crippen LogP contribution is -2.40. The van der Waals surface area contributed by atoms with Gasteiger partial charge in [0.15, 0.2) is 6.10 Å². The molecule has 0 aliphatic heterocycles. The van der Waals surface area contributed by atoms with Crippen molar-refractivity contribution in [3.05, 3.63) is 36.0 Å². The Morgan fingerprint density at radius 2 is 2.04 bits per heavy atom. The summed E-state index contributed by atoms with van der Waals surface area (Å²) in [5.41, 5.74) is 2.31. The first-order valence-electron chi connectivity index (χ1n) is 9.18. The van der Waals surface area contributed by atoms with E-state index in [1.54, 1.807) is 6.92 Å². The number of carbonyl (C=O) groups is 2. The molecule has 1 fully saturated rings. The number of fused-ring (bicyclic) bond motifs is 1. The first kappa shape index (κ1) is 17.5. The summed E-state index contributed by atoms with van der Waals surface area (Å²) in [5, 5.41) is 4.16. The third-order valence-electron chi connectivity index (χ3n) is 4.88. The number of aryl methyl sites for hydroxylation is 1. The number of ether oxygens (including phenoxy) is 1. The van der Waals surface area contributed by atoms with Gasteiger partial charge in [-0.25, -0.2) is 0 Å². The summed E-state index contributed by atoms with van der Waals surface area (Å²) < 4.78 is 5.27. The Kier molecular flexibility index (Phi) is 5.74. The molecule has 1 unspecified atom stereocenters. The molecule has 0 saturated heterocycles. The van der Waals surface area contributed by atoms with Crippen molar-refractivity contribution in [2.45, 2.75) is 64.0 Å². The summed E-state index contributed by atoms with van der Waals surface area (Å²) in [5.74, 6) is -0.495. The Hall–Kier alpha value is -2.30. The van der Waals surface area contributed by atoms with Gasteiger partial charge in [-0.15, -0.1) is 0 Å². The maximum absolute atomic E-state index is 12.0. The Balaban J connectivity index is 1.40. The molecule has 1 aromatic carbocycles. The fraction of sp³-hybridized carbons (Fsp3) is 0.500. The molecule has 134 valence electrons. The van der Waals surface area contributed by atoms with Gasteiger partial charge in [0, 0.05) is 29.6 Å². The van der Waals surface area contributed by atoms with E-state index in [2.05, 4.69) is 16.4 Å². The van der Waals surface area contributed by atoms with Crippen LogP contribution in [0.2, 0.25) is 0 Å². The van der Waals surface area contributed by atoms with Crippen LogP contribution in [0.25, 0.3) is 10.9 Å². The topological polar surface area (TPSA) is 71.2 Å². The normalized spacial score (nSPS) is 16.0. The average molecular weight is 342 g/mol. The van der Waals surface area contributed by atoms with Crippen LogP contribution in [0.15, 0.2) is 30.5 Å². The molecule has 2 N–H and O–H groups in total. The van der Waals surface area contributed by atoms with Crippen LogP contribution in [0.4, 0.5) is 0 Å². The molecule has 1 saturated carbocycles. The Bertz CT molecular complexity index is 731. The van der Waals surface area contributed by atoms with Crippen LogP contribution in [0.1, 0.15) is 51.0 Å². The van der Waals surface area contributed by atoms with Crippen molar-refractivity contribution in [1.82, 2.24) is 10.3 Å². The van der Waals surface area contributed by atoms with E-state index in [9.17, 15) is 9.59 Å². The molecule has 1 aliphatic carbocycles. The SMILES string of the molecule is CC(OC(=O)CCCc1c[nH]c2ccccc12)C(=O)NC1CCCC1. The predicted octanol–water partition coefficient (Wildman–Crippen LogP) is 3.48. The summed E-state index contributed by atoms with van der Waals surface area (Å²) >= 11 is 0. The number of hydrogen-bond donors (Lipinski definition) is 2. The Morgan fingerprint density at radius 3 is 2.84 bits per heavy atom. The van der Waals surface area contributed by atoms with Gasteiger partial charge in [0.1, 0.15) is 0 Å². The number of H-pyrrole nitrogens is 1. The lowest BCUT2D eigenvalue weighted by Gasteiger charge is -2.17. The van der Waals surface area contributed by atoms with Gasteiger partial charge in [-0.2, -0.15) is 0 Å². The molecule has 5 nitrogen and oxygen atoms in total. The minimum atomic E-state index is -0.721. The van der Waals surface area contributed by atoms with E-state index in [1.165, 1.54) is 10.9 Å². The van der Waals surface area contributed by atoms with Crippen LogP contribution < -0.4 is 5.32 Å². The molecular formula is C20H26N2O3. The Labute approximate surface area is 148 Å². The molecule has 1 amide bonds. The van der Waals surface area contributed by atoms with Crippen LogP contribution in [-0.4, -0.2) is 29.0 Å². The summed E-state index contributed by atoms with van der Waals surface area (Å²) in [7, 11) is 0. The van der Waals surface area contributed by atoms with E-state index in [0.29, 0.717) is 12.8 Å². The van der Waals surface area contributed by atoms with Gasteiger partial charge >= 0.3 is 5.97 Å². The second-order valence-electron chi connectivity index (χ2n) is 6.84. The van der Waals surface area contributed by atoms with Crippen molar-refractivity contribution in [3.63, 3.8) is 0 Å². The van der Waals surface area contributed by atoms with E-state index < -0.39 is 6.10 Å². The molecule has 0 spiro atoms. The maximum atomic E-state index is 12.0. The van der Waals surface area contributed by atoms with Crippen LogP contribution in [0, 0.1) is 0 Å². The molecule has 5 heteroatoms. The van der Waals surface area contributed by atoms with Crippen molar-refractivity contribution in [2.24, 2.45) is 0 Å². The third kappa shape index (κ3) is 4.62. The number of esters is 1. The highest BCUT2D eigenvalue weighted by Crippen LogP contribution is 2.20. The number of benzene rings is 1. The predicted molar refractivity (Wildman–Crippen MR) is 97.2 cm³/mol. The lowest BCUT2D eigenvalue weighted by molar-refractivity contribution is -0.155. The van der Waals surface area contributed by atoms with Gasteiger partial charge in [0.25, 0.3) is 5.91 Å². The average Bonchev–Trinajstić information content (AvgIpc) is 3.25. The zero-order valence-electron chi connectivity index (χ0n) is 14.7. The molecule has 25 heavy (non-hydrogen) atoms. The minimum Gasteiger partial charge on any atom is -0.453 e. The summed E-state index contributed by atoms with van der Waals surface area (Å²) in [6, 6.07) is 8.37. The smallest absolute Gasteiger partial charge is 0.306 e. The second-order valence-corrected chi connectivity index (χ2v) is 6.84. The number of para-hydroxylation sites is 1. The monoisotopic (exact) mass is 342 g/mol. The molecular weight excluding hydrogens is 316 g/mol. The highest BCUT2D eigenvalue weighted by atomic mass is 16.5. The zero-order valence-corrected chi connectivity index (χ0v) is 14.7. The minimum absolute atomic E-state index is 0.183. The van der Waals surface area contributed by atoms with Crippen LogP contribution in [0.3, 0.4) is 0 Å². The summed E-state index contributed by atoms with van der Waals surface area (Å²) in [4.78, 5) is 27.3. The van der Waals surface area contributed by atoms with Gasteiger partial charge in [0.2, 0.25) is 0 Å². The molecule has 2 aromatic rings. The number of rotatable bonds is 7. The molecule has 0 radical (unpaired) electrons. The highest BCUT2D eigenvalue weighted by Gasteiger charge is 2.22. The van der Waals surface area contributed by atoms with Crippen molar-refractivity contribution in [2.75, 3.05) is 0 Å². The van der Waals surface area contributed by atoms with E-state index in [0.717, 1.165) is 37.6 Å². The van der Waals surface area contributed by atoms with E-state index in [1.807, 2.05) is 24.4 Å². The maximum Gasteiger partial charge on any atom is 0.306 e.